The molecule has 21 heavy (non-hydrogen) atoms. The molecule has 0 atom stereocenters. The van der Waals surface area contributed by atoms with Crippen molar-refractivity contribution in [2.45, 2.75) is 0 Å². The number of benzene rings is 1. The molecule has 114 valence electrons. The van der Waals surface area contributed by atoms with Crippen molar-refractivity contribution in [3.63, 3.8) is 0 Å². The van der Waals surface area contributed by atoms with E-state index in [1.54, 1.807) is 19.2 Å². The highest BCUT2D eigenvalue weighted by Gasteiger charge is 2.39. The van der Waals surface area contributed by atoms with Crippen LogP contribution >= 0.6 is 11.6 Å². The Morgan fingerprint density at radius 2 is 2.00 bits per heavy atom. The first kappa shape index (κ1) is 14.6. The van der Waals surface area contributed by atoms with Gasteiger partial charge in [0.2, 0.25) is 0 Å². The van der Waals surface area contributed by atoms with E-state index in [-0.39, 0.29) is 5.91 Å². The molecular formula is C15H21ClN3O2+. The second kappa shape index (κ2) is 5.83. The van der Waals surface area contributed by atoms with Gasteiger partial charge < -0.3 is 14.5 Å². The number of nitrogens with one attached hydrogen (secondary N) is 1. The number of fused-ring (bicyclic) bond motifs is 3. The number of piperazine rings is 3. The van der Waals surface area contributed by atoms with E-state index in [2.05, 4.69) is 10.2 Å². The molecule has 3 aliphatic rings. The normalized spacial score (nSPS) is 27.4. The fraction of sp³-hybridized carbons (Fsp3) is 0.533. The van der Waals surface area contributed by atoms with Crippen molar-refractivity contribution in [1.29, 1.82) is 0 Å². The van der Waals surface area contributed by atoms with Crippen LogP contribution in [0.25, 0.3) is 0 Å². The Labute approximate surface area is 130 Å². The van der Waals surface area contributed by atoms with Gasteiger partial charge in [-0.15, -0.1) is 0 Å². The highest BCUT2D eigenvalue weighted by Crippen LogP contribution is 2.27. The number of halogens is 1. The Kier molecular flexibility index (Phi) is 4.06. The van der Waals surface area contributed by atoms with Gasteiger partial charge in [0.15, 0.2) is 6.54 Å². The molecule has 0 aromatic heterocycles. The van der Waals surface area contributed by atoms with Gasteiger partial charge in [0, 0.05) is 25.3 Å². The molecule has 2 bridgehead atoms. The van der Waals surface area contributed by atoms with Gasteiger partial charge in [0.05, 0.1) is 31.8 Å². The van der Waals surface area contributed by atoms with E-state index in [9.17, 15) is 4.79 Å². The average molecular weight is 311 g/mol. The van der Waals surface area contributed by atoms with Crippen LogP contribution in [0, 0.1) is 0 Å². The number of amides is 1. The molecule has 3 aliphatic heterocycles. The van der Waals surface area contributed by atoms with Crippen molar-refractivity contribution in [3.05, 3.63) is 23.2 Å². The van der Waals surface area contributed by atoms with E-state index in [0.29, 0.717) is 17.3 Å². The standard InChI is InChI=1S/C15H20ClN3O2/c1-21-14-3-2-12(10-13(14)16)17-15(20)11-19-7-4-18(5-8-19)6-9-19/h2-3,10H,4-9,11H2,1H3/p+1. The summed E-state index contributed by atoms with van der Waals surface area (Å²) >= 11 is 6.08. The fourth-order valence-electron chi connectivity index (χ4n) is 3.22. The lowest BCUT2D eigenvalue weighted by Crippen LogP contribution is -2.68. The number of methoxy groups -OCH3 is 1. The van der Waals surface area contributed by atoms with Crippen LogP contribution in [0.2, 0.25) is 5.02 Å². The highest BCUT2D eigenvalue weighted by atomic mass is 35.5. The van der Waals surface area contributed by atoms with Crippen LogP contribution in [0.15, 0.2) is 18.2 Å². The predicted octanol–water partition coefficient (Wildman–Crippen LogP) is 1.43. The molecule has 0 spiro atoms. The lowest BCUT2D eigenvalue weighted by molar-refractivity contribution is -0.933. The van der Waals surface area contributed by atoms with Gasteiger partial charge in [0.1, 0.15) is 5.75 Å². The van der Waals surface area contributed by atoms with E-state index in [1.165, 1.54) is 0 Å². The van der Waals surface area contributed by atoms with Crippen LogP contribution in [-0.2, 0) is 4.79 Å². The molecule has 1 N–H and O–H groups in total. The van der Waals surface area contributed by atoms with Crippen LogP contribution in [0.4, 0.5) is 5.69 Å². The first-order valence-electron chi connectivity index (χ1n) is 7.31. The van der Waals surface area contributed by atoms with Crippen LogP contribution in [0.3, 0.4) is 0 Å². The van der Waals surface area contributed by atoms with Gasteiger partial charge in [-0.3, -0.25) is 9.69 Å². The summed E-state index contributed by atoms with van der Waals surface area (Å²) in [4.78, 5) is 14.8. The maximum absolute atomic E-state index is 12.3. The fourth-order valence-corrected chi connectivity index (χ4v) is 3.48. The van der Waals surface area contributed by atoms with E-state index >= 15 is 0 Å². The van der Waals surface area contributed by atoms with Crippen LogP contribution < -0.4 is 10.1 Å². The minimum Gasteiger partial charge on any atom is -0.495 e. The molecule has 1 aromatic carbocycles. The number of hydrogen-bond donors (Lipinski definition) is 1. The molecule has 5 nitrogen and oxygen atoms in total. The minimum absolute atomic E-state index is 0.0617. The second-order valence-electron chi connectivity index (χ2n) is 5.91. The molecule has 1 aromatic rings. The van der Waals surface area contributed by atoms with Crippen molar-refractivity contribution in [2.75, 3.05) is 58.2 Å². The maximum atomic E-state index is 12.3. The monoisotopic (exact) mass is 310 g/mol. The van der Waals surface area contributed by atoms with Crippen LogP contribution in [-0.4, -0.2) is 68.2 Å². The number of hydrogen-bond acceptors (Lipinski definition) is 3. The molecule has 0 aliphatic carbocycles. The van der Waals surface area contributed by atoms with Gasteiger partial charge in [-0.1, -0.05) is 11.6 Å². The minimum atomic E-state index is 0.0617. The Morgan fingerprint density at radius 3 is 2.57 bits per heavy atom. The Balaban J connectivity index is 1.62. The lowest BCUT2D eigenvalue weighted by atomic mass is 10.1. The Bertz CT molecular complexity index is 528. The summed E-state index contributed by atoms with van der Waals surface area (Å²) in [6.45, 7) is 7.13. The second-order valence-corrected chi connectivity index (χ2v) is 6.32. The third-order valence-corrected chi connectivity index (χ3v) is 4.88. The lowest BCUT2D eigenvalue weighted by Gasteiger charge is -2.50. The molecule has 0 unspecified atom stereocenters. The molecule has 6 heteroatoms. The average Bonchev–Trinajstić information content (AvgIpc) is 2.48. The molecule has 4 rings (SSSR count). The van der Waals surface area contributed by atoms with Gasteiger partial charge in [-0.05, 0) is 18.2 Å². The summed E-state index contributed by atoms with van der Waals surface area (Å²) in [6, 6.07) is 5.31. The summed E-state index contributed by atoms with van der Waals surface area (Å²) < 4.78 is 6.04. The molecule has 3 fully saturated rings. The molecule has 0 radical (unpaired) electrons. The van der Waals surface area contributed by atoms with Crippen LogP contribution in [0.1, 0.15) is 0 Å². The Hall–Kier alpha value is -1.30. The third-order valence-electron chi connectivity index (χ3n) is 4.59. The summed E-state index contributed by atoms with van der Waals surface area (Å²) in [5.74, 6) is 0.676. The number of quaternary nitrogens is 1. The van der Waals surface area contributed by atoms with Crippen LogP contribution in [0.5, 0.6) is 5.75 Å². The molecule has 3 heterocycles. The zero-order valence-electron chi connectivity index (χ0n) is 12.3. The third kappa shape index (κ3) is 3.15. The van der Waals surface area contributed by atoms with E-state index in [0.717, 1.165) is 49.4 Å². The summed E-state index contributed by atoms with van der Waals surface area (Å²) in [7, 11) is 1.57. The van der Waals surface area contributed by atoms with Crippen molar-refractivity contribution in [1.82, 2.24) is 4.90 Å². The van der Waals surface area contributed by atoms with Gasteiger partial charge in [0.25, 0.3) is 5.91 Å². The largest absolute Gasteiger partial charge is 0.495 e. The zero-order chi connectivity index (χ0) is 14.9. The SMILES string of the molecule is COc1ccc(NC(=O)C[N+]23CCN(CC2)CC3)cc1Cl. The van der Waals surface area contributed by atoms with Gasteiger partial charge in [-0.2, -0.15) is 0 Å². The quantitative estimate of drug-likeness (QED) is 0.856. The predicted molar refractivity (Wildman–Crippen MR) is 82.8 cm³/mol. The van der Waals surface area contributed by atoms with Crippen molar-refractivity contribution >= 4 is 23.2 Å². The Morgan fingerprint density at radius 1 is 1.33 bits per heavy atom. The first-order valence-corrected chi connectivity index (χ1v) is 7.69. The smallest absolute Gasteiger partial charge is 0.279 e. The topological polar surface area (TPSA) is 41.6 Å². The zero-order valence-corrected chi connectivity index (χ0v) is 13.0. The molecule has 0 saturated carbocycles. The van der Waals surface area contributed by atoms with E-state index < -0.39 is 0 Å². The molecular weight excluding hydrogens is 290 g/mol. The van der Waals surface area contributed by atoms with Crippen molar-refractivity contribution in [2.24, 2.45) is 0 Å². The van der Waals surface area contributed by atoms with Gasteiger partial charge in [-0.25, -0.2) is 0 Å². The number of nitrogens with zero attached hydrogens (tertiary/aromatic N) is 2. The summed E-state index contributed by atoms with van der Waals surface area (Å²) in [6.07, 6.45) is 0. The number of rotatable bonds is 4. The number of carbonyl (C=O) groups is 1. The van der Waals surface area contributed by atoms with Crippen molar-refractivity contribution in [3.8, 4) is 5.75 Å². The summed E-state index contributed by atoms with van der Waals surface area (Å²) in [5.41, 5.74) is 0.722. The van der Waals surface area contributed by atoms with E-state index in [4.69, 9.17) is 16.3 Å². The number of carbonyl (C=O) groups excluding carboxylic acids is 1. The number of anilines is 1. The molecule has 3 saturated heterocycles. The summed E-state index contributed by atoms with van der Waals surface area (Å²) in [5, 5.41) is 3.46. The molecule has 1 amide bonds. The van der Waals surface area contributed by atoms with Crippen molar-refractivity contribution < 1.29 is 14.0 Å². The van der Waals surface area contributed by atoms with Gasteiger partial charge >= 0.3 is 0 Å². The first-order chi connectivity index (χ1) is 10.1. The number of ether oxygens (including phenoxy) is 1. The van der Waals surface area contributed by atoms with E-state index in [1.807, 2.05) is 6.07 Å². The highest BCUT2D eigenvalue weighted by molar-refractivity contribution is 6.32. The maximum Gasteiger partial charge on any atom is 0.279 e.